The highest BCUT2D eigenvalue weighted by Crippen LogP contribution is 2.48. The molecule has 0 aliphatic heterocycles. The molecule has 1 aliphatic rings. The number of aryl methyl sites for hydroxylation is 1. The Balaban J connectivity index is 2.12. The zero-order chi connectivity index (χ0) is 20.5. The molecule has 3 rings (SSSR count). The van der Waals surface area contributed by atoms with Gasteiger partial charge in [-0.1, -0.05) is 42.5 Å². The van der Waals surface area contributed by atoms with Gasteiger partial charge in [0.1, 0.15) is 5.41 Å². The Morgan fingerprint density at radius 3 is 2.39 bits per heavy atom. The number of ketones is 1. The molecule has 3 nitrogen and oxygen atoms in total. The fourth-order valence-electron chi connectivity index (χ4n) is 3.95. The van der Waals surface area contributed by atoms with Crippen molar-refractivity contribution in [2.24, 2.45) is 5.41 Å². The van der Waals surface area contributed by atoms with Crippen LogP contribution in [0.15, 0.2) is 61.2 Å². The molecule has 0 radical (unpaired) electrons. The minimum Gasteiger partial charge on any atom is -0.468 e. The summed E-state index contributed by atoms with van der Waals surface area (Å²) in [6.45, 7) is 3.75. The van der Waals surface area contributed by atoms with Gasteiger partial charge in [0, 0.05) is 11.5 Å². The van der Waals surface area contributed by atoms with Gasteiger partial charge in [0.05, 0.1) is 12.7 Å². The maximum absolute atomic E-state index is 13.4. The summed E-state index contributed by atoms with van der Waals surface area (Å²) in [6.07, 6.45) is -2.37. The van der Waals surface area contributed by atoms with Crippen LogP contribution in [0.5, 0.6) is 0 Å². The molecule has 1 unspecified atom stereocenters. The van der Waals surface area contributed by atoms with E-state index in [9.17, 15) is 22.8 Å². The van der Waals surface area contributed by atoms with Crippen molar-refractivity contribution in [3.05, 3.63) is 83.4 Å². The standard InChI is InChI=1S/C22H19F3O3/c1-3-18(15-8-10-16(11-9-15)22(23,24)25)21(20(27)28-2)13-12-14-6-4-5-7-17(14)19(21)26/h3-11,18H,1,12-13H2,2H3/t18?,21-/m1/s1. The predicted octanol–water partition coefficient (Wildman–Crippen LogP) is 4.96. The molecule has 0 saturated heterocycles. The van der Waals surface area contributed by atoms with Crippen LogP contribution < -0.4 is 0 Å². The van der Waals surface area contributed by atoms with E-state index in [4.69, 9.17) is 4.74 Å². The predicted molar refractivity (Wildman–Crippen MR) is 97.9 cm³/mol. The lowest BCUT2D eigenvalue weighted by molar-refractivity contribution is -0.151. The van der Waals surface area contributed by atoms with Crippen LogP contribution in [-0.4, -0.2) is 18.9 Å². The molecule has 0 saturated carbocycles. The largest absolute Gasteiger partial charge is 0.468 e. The van der Waals surface area contributed by atoms with Crippen molar-refractivity contribution in [1.82, 2.24) is 0 Å². The minimum atomic E-state index is -4.47. The van der Waals surface area contributed by atoms with Gasteiger partial charge >= 0.3 is 12.1 Å². The Morgan fingerprint density at radius 2 is 1.82 bits per heavy atom. The first-order valence-corrected chi connectivity index (χ1v) is 8.76. The summed E-state index contributed by atoms with van der Waals surface area (Å²) in [4.78, 5) is 26.2. The number of alkyl halides is 3. The van der Waals surface area contributed by atoms with Gasteiger partial charge < -0.3 is 4.74 Å². The number of hydrogen-bond donors (Lipinski definition) is 0. The molecule has 0 spiro atoms. The van der Waals surface area contributed by atoms with Crippen molar-refractivity contribution in [3.8, 4) is 0 Å². The lowest BCUT2D eigenvalue weighted by Gasteiger charge is -2.39. The number of halogens is 3. The summed E-state index contributed by atoms with van der Waals surface area (Å²) in [6, 6.07) is 11.5. The first-order chi connectivity index (χ1) is 13.3. The molecule has 0 N–H and O–H groups in total. The zero-order valence-electron chi connectivity index (χ0n) is 15.3. The number of esters is 1. The van der Waals surface area contributed by atoms with E-state index in [0.717, 1.165) is 17.7 Å². The van der Waals surface area contributed by atoms with E-state index in [2.05, 4.69) is 6.58 Å². The smallest absolute Gasteiger partial charge is 0.416 e. The van der Waals surface area contributed by atoms with E-state index >= 15 is 0 Å². The molecule has 0 bridgehead atoms. The van der Waals surface area contributed by atoms with Crippen molar-refractivity contribution >= 4 is 11.8 Å². The van der Waals surface area contributed by atoms with E-state index < -0.39 is 34.8 Å². The van der Waals surface area contributed by atoms with Gasteiger partial charge in [-0.15, -0.1) is 6.58 Å². The van der Waals surface area contributed by atoms with Gasteiger partial charge in [-0.2, -0.15) is 13.2 Å². The van der Waals surface area contributed by atoms with Gasteiger partial charge in [0.2, 0.25) is 0 Å². The summed E-state index contributed by atoms with van der Waals surface area (Å²) < 4.78 is 43.7. The Kier molecular flexibility index (Phi) is 5.15. The van der Waals surface area contributed by atoms with E-state index in [1.165, 1.54) is 25.3 Å². The Bertz CT molecular complexity index is 915. The van der Waals surface area contributed by atoms with Gasteiger partial charge in [0.15, 0.2) is 5.78 Å². The van der Waals surface area contributed by atoms with Crippen LogP contribution in [0.4, 0.5) is 13.2 Å². The molecule has 146 valence electrons. The van der Waals surface area contributed by atoms with Crippen LogP contribution in [0.1, 0.15) is 39.4 Å². The van der Waals surface area contributed by atoms with Crippen molar-refractivity contribution in [2.45, 2.75) is 24.9 Å². The second-order valence-corrected chi connectivity index (χ2v) is 6.78. The fourth-order valence-corrected chi connectivity index (χ4v) is 3.95. The van der Waals surface area contributed by atoms with Crippen LogP contribution in [0.3, 0.4) is 0 Å². The van der Waals surface area contributed by atoms with Crippen LogP contribution >= 0.6 is 0 Å². The lowest BCUT2D eigenvalue weighted by atomic mass is 9.61. The number of carbonyl (C=O) groups excluding carboxylic acids is 2. The summed E-state index contributed by atoms with van der Waals surface area (Å²) in [5.41, 5.74) is -0.697. The third-order valence-electron chi connectivity index (χ3n) is 5.37. The molecule has 0 amide bonds. The van der Waals surface area contributed by atoms with E-state index in [1.807, 2.05) is 12.1 Å². The highest BCUT2D eigenvalue weighted by molar-refractivity contribution is 6.15. The molecular formula is C22H19F3O3. The number of Topliss-reactive ketones (excluding diaryl/α,β-unsaturated/α-hetero) is 1. The van der Waals surface area contributed by atoms with Crippen LogP contribution in [0.25, 0.3) is 0 Å². The number of methoxy groups -OCH3 is 1. The minimum absolute atomic E-state index is 0.188. The van der Waals surface area contributed by atoms with E-state index in [0.29, 0.717) is 17.5 Å². The average molecular weight is 388 g/mol. The fraction of sp³-hybridized carbons (Fsp3) is 0.273. The Labute approximate surface area is 160 Å². The second kappa shape index (κ2) is 7.26. The Morgan fingerprint density at radius 1 is 1.18 bits per heavy atom. The molecule has 28 heavy (non-hydrogen) atoms. The molecule has 0 heterocycles. The van der Waals surface area contributed by atoms with Gasteiger partial charge in [0.25, 0.3) is 0 Å². The molecule has 2 aromatic carbocycles. The first-order valence-electron chi connectivity index (χ1n) is 8.76. The average Bonchev–Trinajstić information content (AvgIpc) is 2.69. The highest BCUT2D eigenvalue weighted by Gasteiger charge is 2.54. The molecule has 6 heteroatoms. The van der Waals surface area contributed by atoms with Gasteiger partial charge in [-0.25, -0.2) is 0 Å². The number of allylic oxidation sites excluding steroid dienone is 1. The quantitative estimate of drug-likeness (QED) is 0.422. The number of ether oxygens (including phenoxy) is 1. The maximum Gasteiger partial charge on any atom is 0.416 e. The van der Waals surface area contributed by atoms with Gasteiger partial charge in [-0.3, -0.25) is 9.59 Å². The number of rotatable bonds is 4. The molecule has 2 aromatic rings. The zero-order valence-corrected chi connectivity index (χ0v) is 15.3. The van der Waals surface area contributed by atoms with Crippen molar-refractivity contribution < 1.29 is 27.5 Å². The van der Waals surface area contributed by atoms with Crippen LogP contribution in [0.2, 0.25) is 0 Å². The normalized spacial score (nSPS) is 20.2. The maximum atomic E-state index is 13.4. The van der Waals surface area contributed by atoms with Crippen molar-refractivity contribution in [1.29, 1.82) is 0 Å². The first kappa shape index (κ1) is 19.9. The highest BCUT2D eigenvalue weighted by atomic mass is 19.4. The molecular weight excluding hydrogens is 369 g/mol. The van der Waals surface area contributed by atoms with Crippen molar-refractivity contribution in [2.75, 3.05) is 7.11 Å². The summed E-state index contributed by atoms with van der Waals surface area (Å²) in [5.74, 6) is -1.93. The topological polar surface area (TPSA) is 43.4 Å². The monoisotopic (exact) mass is 388 g/mol. The van der Waals surface area contributed by atoms with E-state index in [-0.39, 0.29) is 6.42 Å². The molecule has 0 aromatic heterocycles. The SMILES string of the molecule is C=CC(c1ccc(C(F)(F)F)cc1)[C@]1(C(=O)OC)CCc2ccccc2C1=O. The Hall–Kier alpha value is -2.89. The summed E-state index contributed by atoms with van der Waals surface area (Å²) in [5, 5.41) is 0. The van der Waals surface area contributed by atoms with Crippen LogP contribution in [-0.2, 0) is 22.1 Å². The van der Waals surface area contributed by atoms with E-state index in [1.54, 1.807) is 12.1 Å². The molecule has 2 atom stereocenters. The second-order valence-electron chi connectivity index (χ2n) is 6.78. The van der Waals surface area contributed by atoms with Gasteiger partial charge in [-0.05, 0) is 36.1 Å². The van der Waals surface area contributed by atoms with Crippen molar-refractivity contribution in [3.63, 3.8) is 0 Å². The van der Waals surface area contributed by atoms with Crippen LogP contribution in [0, 0.1) is 5.41 Å². The lowest BCUT2D eigenvalue weighted by Crippen LogP contribution is -2.47. The summed E-state index contributed by atoms with van der Waals surface area (Å²) >= 11 is 0. The number of benzene rings is 2. The number of fused-ring (bicyclic) bond motifs is 1. The third-order valence-corrected chi connectivity index (χ3v) is 5.37. The number of carbonyl (C=O) groups is 2. The number of hydrogen-bond acceptors (Lipinski definition) is 3. The molecule has 1 aliphatic carbocycles. The summed E-state index contributed by atoms with van der Waals surface area (Å²) in [7, 11) is 1.20. The molecule has 0 fully saturated rings. The third kappa shape index (κ3) is 3.13.